The van der Waals surface area contributed by atoms with Crippen molar-refractivity contribution in [1.29, 1.82) is 0 Å². The van der Waals surface area contributed by atoms with Gasteiger partial charge in [0.15, 0.2) is 11.5 Å². The smallest absolute Gasteiger partial charge is 0.246 e. The van der Waals surface area contributed by atoms with Gasteiger partial charge < -0.3 is 14.4 Å². The van der Waals surface area contributed by atoms with Crippen LogP contribution in [0.15, 0.2) is 46.0 Å². The minimum Gasteiger partial charge on any atom is -0.493 e. The Kier molecular flexibility index (Phi) is 6.38. The third-order valence-corrected chi connectivity index (χ3v) is 7.10. The summed E-state index contributed by atoms with van der Waals surface area (Å²) in [5.41, 5.74) is 0.980. The lowest BCUT2D eigenvalue weighted by Crippen LogP contribution is -2.50. The van der Waals surface area contributed by atoms with Gasteiger partial charge in [0.25, 0.3) is 0 Å². The van der Waals surface area contributed by atoms with Crippen LogP contribution in [0.1, 0.15) is 5.56 Å². The largest absolute Gasteiger partial charge is 0.493 e. The fourth-order valence-electron chi connectivity index (χ4n) is 2.92. The molecule has 1 aliphatic heterocycles. The second-order valence-corrected chi connectivity index (χ2v) is 8.85. The minimum atomic E-state index is -3.67. The summed E-state index contributed by atoms with van der Waals surface area (Å²) in [4.78, 5) is 14.1. The summed E-state index contributed by atoms with van der Waals surface area (Å²) < 4.78 is 37.6. The fraction of sp³-hybridized carbons (Fsp3) is 0.316. The van der Waals surface area contributed by atoms with Crippen LogP contribution in [0.25, 0.3) is 6.08 Å². The predicted molar refractivity (Wildman–Crippen MR) is 108 cm³/mol. The molecule has 0 bridgehead atoms. The van der Waals surface area contributed by atoms with Crippen LogP contribution in [0.2, 0.25) is 0 Å². The Morgan fingerprint density at radius 3 is 2.39 bits per heavy atom. The first-order valence-electron chi connectivity index (χ1n) is 8.67. The van der Waals surface area contributed by atoms with Gasteiger partial charge in [0.05, 0.1) is 19.1 Å². The number of thiophene rings is 1. The van der Waals surface area contributed by atoms with Crippen LogP contribution in [0.4, 0.5) is 0 Å². The molecular formula is C19H22N2O5S2. The summed E-state index contributed by atoms with van der Waals surface area (Å²) in [6.45, 7) is 1.18. The molecule has 1 amide bonds. The highest BCUT2D eigenvalue weighted by Crippen LogP contribution is 2.30. The lowest BCUT2D eigenvalue weighted by Gasteiger charge is -2.33. The summed E-state index contributed by atoms with van der Waals surface area (Å²) >= 11 is 1.57. The predicted octanol–water partition coefficient (Wildman–Crippen LogP) is 2.31. The molecule has 0 atom stereocenters. The number of sulfonamides is 1. The molecule has 0 radical (unpaired) electrons. The summed E-state index contributed by atoms with van der Waals surface area (Å²) in [7, 11) is -0.718. The van der Waals surface area contributed by atoms with E-state index in [0.717, 1.165) is 5.56 Å². The maximum Gasteiger partial charge on any atom is 0.246 e. The lowest BCUT2D eigenvalue weighted by atomic mass is 10.3. The maximum atomic E-state index is 12.9. The van der Waals surface area contributed by atoms with E-state index in [0.29, 0.717) is 24.6 Å². The van der Waals surface area contributed by atoms with Crippen molar-refractivity contribution < 1.29 is 22.7 Å². The van der Waals surface area contributed by atoms with E-state index in [4.69, 9.17) is 9.47 Å². The van der Waals surface area contributed by atoms with Crippen LogP contribution in [-0.4, -0.2) is 63.9 Å². The molecule has 0 spiro atoms. The summed E-state index contributed by atoms with van der Waals surface area (Å²) in [6.07, 6.45) is 3.30. The molecule has 28 heavy (non-hydrogen) atoms. The number of piperazine rings is 1. The highest BCUT2D eigenvalue weighted by molar-refractivity contribution is 7.89. The van der Waals surface area contributed by atoms with Gasteiger partial charge in [0, 0.05) is 38.3 Å². The molecule has 0 saturated carbocycles. The van der Waals surface area contributed by atoms with Crippen molar-refractivity contribution in [2.75, 3.05) is 40.4 Å². The van der Waals surface area contributed by atoms with Crippen molar-refractivity contribution >= 4 is 33.3 Å². The molecule has 0 N–H and O–H groups in total. The van der Waals surface area contributed by atoms with E-state index in [-0.39, 0.29) is 23.9 Å². The monoisotopic (exact) mass is 422 g/mol. The van der Waals surface area contributed by atoms with E-state index < -0.39 is 10.0 Å². The zero-order chi connectivity index (χ0) is 20.1. The van der Waals surface area contributed by atoms with Crippen molar-refractivity contribution in [3.8, 4) is 11.5 Å². The molecule has 3 rings (SSSR count). The van der Waals surface area contributed by atoms with E-state index in [2.05, 4.69) is 0 Å². The molecule has 1 aromatic heterocycles. The number of benzene rings is 1. The number of rotatable bonds is 6. The van der Waals surface area contributed by atoms with Crippen LogP contribution in [0.3, 0.4) is 0 Å². The first-order chi connectivity index (χ1) is 13.5. The van der Waals surface area contributed by atoms with Gasteiger partial charge in [0.1, 0.15) is 0 Å². The Morgan fingerprint density at radius 2 is 1.79 bits per heavy atom. The van der Waals surface area contributed by atoms with Gasteiger partial charge in [-0.1, -0.05) is 0 Å². The Hall–Kier alpha value is -2.36. The average Bonchev–Trinajstić information content (AvgIpc) is 3.25. The molecule has 1 saturated heterocycles. The first-order valence-corrected chi connectivity index (χ1v) is 11.1. The highest BCUT2D eigenvalue weighted by atomic mass is 32.2. The van der Waals surface area contributed by atoms with Gasteiger partial charge in [-0.15, -0.1) is 0 Å². The SMILES string of the molecule is COc1ccc(S(=O)(=O)N2CCN(C(=O)/C=C/c3ccsc3)CC2)cc1OC. The Bertz CT molecular complexity index is 947. The molecule has 0 unspecified atom stereocenters. The van der Waals surface area contributed by atoms with Gasteiger partial charge in [0.2, 0.25) is 15.9 Å². The molecule has 1 aromatic carbocycles. The number of nitrogens with zero attached hydrogens (tertiary/aromatic N) is 2. The van der Waals surface area contributed by atoms with E-state index in [9.17, 15) is 13.2 Å². The lowest BCUT2D eigenvalue weighted by molar-refractivity contribution is -0.127. The Morgan fingerprint density at radius 1 is 1.07 bits per heavy atom. The van der Waals surface area contributed by atoms with E-state index in [1.807, 2.05) is 16.8 Å². The summed E-state index contributed by atoms with van der Waals surface area (Å²) in [5.74, 6) is 0.708. The molecule has 9 heteroatoms. The number of carbonyl (C=O) groups is 1. The van der Waals surface area contributed by atoms with Crippen LogP contribution < -0.4 is 9.47 Å². The number of amides is 1. The van der Waals surface area contributed by atoms with Gasteiger partial charge in [-0.3, -0.25) is 4.79 Å². The van der Waals surface area contributed by atoms with Crippen molar-refractivity contribution in [2.24, 2.45) is 0 Å². The molecule has 2 aromatic rings. The Labute approximate surface area is 168 Å². The minimum absolute atomic E-state index is 0.116. The average molecular weight is 423 g/mol. The van der Waals surface area contributed by atoms with E-state index in [1.54, 1.807) is 28.4 Å². The van der Waals surface area contributed by atoms with Crippen LogP contribution in [0.5, 0.6) is 11.5 Å². The normalized spacial score (nSPS) is 15.7. The standard InChI is InChI=1S/C19H22N2O5S2/c1-25-17-5-4-16(13-18(17)26-2)28(23,24)21-10-8-20(9-11-21)19(22)6-3-15-7-12-27-14-15/h3-7,12-14H,8-11H2,1-2H3/b6-3+. The molecule has 7 nitrogen and oxygen atoms in total. The van der Waals surface area contributed by atoms with Gasteiger partial charge in [-0.2, -0.15) is 15.6 Å². The third-order valence-electron chi connectivity index (χ3n) is 4.50. The number of carbonyl (C=O) groups excluding carboxylic acids is 1. The number of hydrogen-bond acceptors (Lipinski definition) is 6. The summed E-state index contributed by atoms with van der Waals surface area (Å²) in [6, 6.07) is 6.45. The van der Waals surface area contributed by atoms with Crippen molar-refractivity contribution in [1.82, 2.24) is 9.21 Å². The number of methoxy groups -OCH3 is 2. The van der Waals surface area contributed by atoms with Gasteiger partial charge in [-0.05, 0) is 40.6 Å². The molecule has 2 heterocycles. The zero-order valence-corrected chi connectivity index (χ0v) is 17.3. The molecule has 1 fully saturated rings. The molecule has 0 aliphatic carbocycles. The van der Waals surface area contributed by atoms with E-state index >= 15 is 0 Å². The van der Waals surface area contributed by atoms with Gasteiger partial charge >= 0.3 is 0 Å². The van der Waals surface area contributed by atoms with E-state index in [1.165, 1.54) is 36.7 Å². The fourth-order valence-corrected chi connectivity index (χ4v) is 4.98. The molecular weight excluding hydrogens is 400 g/mol. The van der Waals surface area contributed by atoms with Crippen molar-refractivity contribution in [3.05, 3.63) is 46.7 Å². The summed E-state index contributed by atoms with van der Waals surface area (Å²) in [5, 5.41) is 3.90. The molecule has 1 aliphatic rings. The van der Waals surface area contributed by atoms with Crippen molar-refractivity contribution in [2.45, 2.75) is 4.90 Å². The van der Waals surface area contributed by atoms with Gasteiger partial charge in [-0.25, -0.2) is 8.42 Å². The maximum absolute atomic E-state index is 12.9. The highest BCUT2D eigenvalue weighted by Gasteiger charge is 2.30. The van der Waals surface area contributed by atoms with Crippen LogP contribution in [0, 0.1) is 0 Å². The zero-order valence-electron chi connectivity index (χ0n) is 15.7. The van der Waals surface area contributed by atoms with Crippen molar-refractivity contribution in [3.63, 3.8) is 0 Å². The second-order valence-electron chi connectivity index (χ2n) is 6.14. The third kappa shape index (κ3) is 4.37. The van der Waals surface area contributed by atoms with Crippen LogP contribution >= 0.6 is 11.3 Å². The first kappa shape index (κ1) is 20.4. The second kappa shape index (κ2) is 8.76. The Balaban J connectivity index is 1.66. The van der Waals surface area contributed by atoms with Crippen LogP contribution in [-0.2, 0) is 14.8 Å². The topological polar surface area (TPSA) is 76.2 Å². The number of hydrogen-bond donors (Lipinski definition) is 0. The molecule has 150 valence electrons. The quantitative estimate of drug-likeness (QED) is 0.668. The number of ether oxygens (including phenoxy) is 2.